The number of rotatable bonds is 4. The Morgan fingerprint density at radius 2 is 2.27 bits per heavy atom. The van der Waals surface area contributed by atoms with Gasteiger partial charge in [0.1, 0.15) is 0 Å². The number of carboxylic acid groups (broad SMARTS) is 1. The molecule has 0 amide bonds. The third kappa shape index (κ3) is 2.97. The second kappa shape index (κ2) is 4.82. The zero-order valence-corrected chi connectivity index (χ0v) is 8.15. The lowest BCUT2D eigenvalue weighted by molar-refractivity contribution is -0.137. The Bertz CT molecular complexity index is 355. The summed E-state index contributed by atoms with van der Waals surface area (Å²) < 4.78 is 25.1. The Morgan fingerprint density at radius 3 is 2.80 bits per heavy atom. The SMILES string of the molecule is CC(CC(=O)O)c1ncccc1C(F)F. The summed E-state index contributed by atoms with van der Waals surface area (Å²) in [6.07, 6.45) is -1.43. The van der Waals surface area contributed by atoms with Gasteiger partial charge in [0.15, 0.2) is 0 Å². The summed E-state index contributed by atoms with van der Waals surface area (Å²) in [5.74, 6) is -1.53. The Labute approximate surface area is 85.8 Å². The summed E-state index contributed by atoms with van der Waals surface area (Å²) in [5.41, 5.74) is -0.0267. The number of aromatic nitrogens is 1. The highest BCUT2D eigenvalue weighted by Gasteiger charge is 2.19. The van der Waals surface area contributed by atoms with Gasteiger partial charge in [0, 0.05) is 17.7 Å². The Kier molecular flexibility index (Phi) is 3.71. The first-order valence-corrected chi connectivity index (χ1v) is 4.47. The summed E-state index contributed by atoms with van der Waals surface area (Å²) in [4.78, 5) is 14.3. The fourth-order valence-corrected chi connectivity index (χ4v) is 1.38. The number of carboxylic acids is 1. The molecule has 3 nitrogen and oxygen atoms in total. The molecule has 82 valence electrons. The van der Waals surface area contributed by atoms with Crippen LogP contribution in [0.25, 0.3) is 0 Å². The quantitative estimate of drug-likeness (QED) is 0.839. The van der Waals surface area contributed by atoms with Gasteiger partial charge in [0.25, 0.3) is 6.43 Å². The van der Waals surface area contributed by atoms with E-state index < -0.39 is 18.3 Å². The molecule has 5 heteroatoms. The third-order valence-electron chi connectivity index (χ3n) is 2.05. The van der Waals surface area contributed by atoms with Crippen molar-refractivity contribution in [1.82, 2.24) is 4.98 Å². The number of halogens is 2. The number of nitrogens with zero attached hydrogens (tertiary/aromatic N) is 1. The van der Waals surface area contributed by atoms with Crippen molar-refractivity contribution in [2.24, 2.45) is 0 Å². The topological polar surface area (TPSA) is 50.2 Å². The van der Waals surface area contributed by atoms with Crippen LogP contribution in [0.2, 0.25) is 0 Å². The van der Waals surface area contributed by atoms with Crippen molar-refractivity contribution in [2.75, 3.05) is 0 Å². The van der Waals surface area contributed by atoms with E-state index in [0.717, 1.165) is 0 Å². The first kappa shape index (κ1) is 11.6. The van der Waals surface area contributed by atoms with Crippen LogP contribution in [0.5, 0.6) is 0 Å². The normalized spacial score (nSPS) is 12.8. The average molecular weight is 215 g/mol. The van der Waals surface area contributed by atoms with E-state index in [1.165, 1.54) is 18.3 Å². The molecule has 0 bridgehead atoms. The molecule has 1 aromatic heterocycles. The van der Waals surface area contributed by atoms with Crippen LogP contribution in [0, 0.1) is 0 Å². The molecule has 0 saturated carbocycles. The molecular weight excluding hydrogens is 204 g/mol. The van der Waals surface area contributed by atoms with Crippen molar-refractivity contribution >= 4 is 5.97 Å². The van der Waals surface area contributed by atoms with Gasteiger partial charge in [-0.2, -0.15) is 0 Å². The van der Waals surface area contributed by atoms with Crippen molar-refractivity contribution < 1.29 is 18.7 Å². The summed E-state index contributed by atoms with van der Waals surface area (Å²) in [7, 11) is 0. The number of hydrogen-bond donors (Lipinski definition) is 1. The van der Waals surface area contributed by atoms with E-state index in [9.17, 15) is 13.6 Å². The molecule has 0 radical (unpaired) electrons. The lowest BCUT2D eigenvalue weighted by atomic mass is 9.99. The molecule has 0 saturated heterocycles. The lowest BCUT2D eigenvalue weighted by Crippen LogP contribution is -2.07. The van der Waals surface area contributed by atoms with Gasteiger partial charge < -0.3 is 5.11 Å². The van der Waals surface area contributed by atoms with E-state index in [1.807, 2.05) is 0 Å². The summed E-state index contributed by atoms with van der Waals surface area (Å²) in [6, 6.07) is 2.68. The Morgan fingerprint density at radius 1 is 1.60 bits per heavy atom. The van der Waals surface area contributed by atoms with Gasteiger partial charge in [-0.05, 0) is 12.1 Å². The van der Waals surface area contributed by atoms with Gasteiger partial charge in [0.2, 0.25) is 0 Å². The van der Waals surface area contributed by atoms with Crippen molar-refractivity contribution in [2.45, 2.75) is 25.7 Å². The van der Waals surface area contributed by atoms with Crippen LogP contribution in [0.3, 0.4) is 0 Å². The maximum Gasteiger partial charge on any atom is 0.304 e. The van der Waals surface area contributed by atoms with E-state index in [4.69, 9.17) is 5.11 Å². The predicted molar refractivity (Wildman–Crippen MR) is 49.9 cm³/mol. The third-order valence-corrected chi connectivity index (χ3v) is 2.05. The largest absolute Gasteiger partial charge is 0.481 e. The van der Waals surface area contributed by atoms with Crippen molar-refractivity contribution in [3.63, 3.8) is 0 Å². The molecule has 0 spiro atoms. The minimum Gasteiger partial charge on any atom is -0.481 e. The minimum absolute atomic E-state index is 0.162. The molecule has 0 aliphatic carbocycles. The highest BCUT2D eigenvalue weighted by atomic mass is 19.3. The molecule has 15 heavy (non-hydrogen) atoms. The van der Waals surface area contributed by atoms with Crippen LogP contribution in [-0.2, 0) is 4.79 Å². The van der Waals surface area contributed by atoms with E-state index in [0.29, 0.717) is 0 Å². The molecule has 1 aromatic rings. The van der Waals surface area contributed by atoms with E-state index in [-0.39, 0.29) is 17.7 Å². The number of carbonyl (C=O) groups is 1. The summed E-state index contributed by atoms with van der Waals surface area (Å²) in [5, 5.41) is 8.56. The smallest absolute Gasteiger partial charge is 0.304 e. The van der Waals surface area contributed by atoms with Gasteiger partial charge in [-0.1, -0.05) is 6.92 Å². The number of pyridine rings is 1. The van der Waals surface area contributed by atoms with Crippen molar-refractivity contribution in [1.29, 1.82) is 0 Å². The fraction of sp³-hybridized carbons (Fsp3) is 0.400. The van der Waals surface area contributed by atoms with Crippen LogP contribution < -0.4 is 0 Å². The molecule has 1 N–H and O–H groups in total. The zero-order chi connectivity index (χ0) is 11.4. The molecule has 1 atom stereocenters. The second-order valence-corrected chi connectivity index (χ2v) is 3.28. The summed E-state index contributed by atoms with van der Waals surface area (Å²) in [6.45, 7) is 1.57. The highest BCUT2D eigenvalue weighted by molar-refractivity contribution is 5.67. The molecule has 0 aliphatic rings. The number of hydrogen-bond acceptors (Lipinski definition) is 2. The van der Waals surface area contributed by atoms with Gasteiger partial charge in [-0.25, -0.2) is 8.78 Å². The molecule has 1 heterocycles. The van der Waals surface area contributed by atoms with Crippen LogP contribution >= 0.6 is 0 Å². The standard InChI is InChI=1S/C10H11F2NO2/c1-6(5-8(14)15)9-7(10(11)12)3-2-4-13-9/h2-4,6,10H,5H2,1H3,(H,14,15). The van der Waals surface area contributed by atoms with E-state index >= 15 is 0 Å². The molecular formula is C10H11F2NO2. The molecule has 0 aromatic carbocycles. The number of alkyl halides is 2. The monoisotopic (exact) mass is 215 g/mol. The maximum absolute atomic E-state index is 12.5. The number of aliphatic carboxylic acids is 1. The fourth-order valence-electron chi connectivity index (χ4n) is 1.38. The van der Waals surface area contributed by atoms with E-state index in [2.05, 4.69) is 4.98 Å². The predicted octanol–water partition coefficient (Wildman–Crippen LogP) is 2.60. The highest BCUT2D eigenvalue weighted by Crippen LogP contribution is 2.27. The zero-order valence-electron chi connectivity index (χ0n) is 8.15. The lowest BCUT2D eigenvalue weighted by Gasteiger charge is -2.12. The van der Waals surface area contributed by atoms with Gasteiger partial charge in [0.05, 0.1) is 12.1 Å². The van der Waals surface area contributed by atoms with Crippen molar-refractivity contribution in [3.05, 3.63) is 29.6 Å². The van der Waals surface area contributed by atoms with Crippen molar-refractivity contribution in [3.8, 4) is 0 Å². The average Bonchev–Trinajstić information content (AvgIpc) is 2.16. The van der Waals surface area contributed by atoms with E-state index in [1.54, 1.807) is 6.92 Å². The van der Waals surface area contributed by atoms with Gasteiger partial charge in [-0.15, -0.1) is 0 Å². The van der Waals surface area contributed by atoms with Crippen LogP contribution in [0.15, 0.2) is 18.3 Å². The molecule has 0 aliphatic heterocycles. The van der Waals surface area contributed by atoms with Crippen LogP contribution in [-0.4, -0.2) is 16.1 Å². The molecule has 1 unspecified atom stereocenters. The first-order chi connectivity index (χ1) is 7.02. The van der Waals surface area contributed by atoms with Gasteiger partial charge in [-0.3, -0.25) is 9.78 Å². The molecule has 1 rings (SSSR count). The first-order valence-electron chi connectivity index (χ1n) is 4.47. The Balaban J connectivity index is 2.97. The Hall–Kier alpha value is -1.52. The maximum atomic E-state index is 12.5. The van der Waals surface area contributed by atoms with Crippen LogP contribution in [0.1, 0.15) is 36.9 Å². The van der Waals surface area contributed by atoms with Crippen LogP contribution in [0.4, 0.5) is 8.78 Å². The molecule has 0 fully saturated rings. The summed E-state index contributed by atoms with van der Waals surface area (Å²) >= 11 is 0. The minimum atomic E-state index is -2.62. The van der Waals surface area contributed by atoms with Gasteiger partial charge >= 0.3 is 5.97 Å². The second-order valence-electron chi connectivity index (χ2n) is 3.28.